The third kappa shape index (κ3) is 5.18. The first kappa shape index (κ1) is 29.3. The van der Waals surface area contributed by atoms with E-state index in [1.165, 1.54) is 66.2 Å². The fourth-order valence-electron chi connectivity index (χ4n) is 7.20. The van der Waals surface area contributed by atoms with Gasteiger partial charge < -0.3 is 9.47 Å². The van der Waals surface area contributed by atoms with Crippen molar-refractivity contribution in [3.05, 3.63) is 200 Å². The zero-order valence-corrected chi connectivity index (χ0v) is 26.9. The van der Waals surface area contributed by atoms with Crippen molar-refractivity contribution in [1.82, 2.24) is 4.57 Å². The van der Waals surface area contributed by atoms with Crippen molar-refractivity contribution in [3.63, 3.8) is 0 Å². The molecule has 0 aliphatic heterocycles. The van der Waals surface area contributed by atoms with E-state index >= 15 is 0 Å². The predicted molar refractivity (Wildman–Crippen MR) is 206 cm³/mol. The molecule has 0 fully saturated rings. The van der Waals surface area contributed by atoms with Crippen molar-refractivity contribution in [2.75, 3.05) is 4.90 Å². The normalized spacial score (nSPS) is 13.4. The molecular weight excluding hydrogens is 581 g/mol. The van der Waals surface area contributed by atoms with Gasteiger partial charge in [-0.15, -0.1) is 0 Å². The van der Waals surface area contributed by atoms with E-state index in [0.717, 1.165) is 24.2 Å². The maximum absolute atomic E-state index is 4.16. The summed E-state index contributed by atoms with van der Waals surface area (Å²) in [5, 5.41) is 5.06. The van der Waals surface area contributed by atoms with Gasteiger partial charge in [-0.2, -0.15) is 0 Å². The molecule has 0 saturated carbocycles. The number of nitrogens with zero attached hydrogens (tertiary/aromatic N) is 2. The van der Waals surface area contributed by atoms with Crippen LogP contribution in [0, 0.1) is 0 Å². The summed E-state index contributed by atoms with van der Waals surface area (Å²) in [7, 11) is 0. The van der Waals surface area contributed by atoms with Crippen LogP contribution in [0.2, 0.25) is 0 Å². The standard InChI is InChI=1S/C46H36N2/c1-3-13-37(4-2)47(39-30-26-35(27-31-39)42-21-12-15-34-14-5-6-18-41(34)42)38-28-24-33(25-29-38)36-16-11-17-40(32-36)48-45-22-9-7-19-43(45)44-20-8-10-23-46(44)48/h3-24,26-28,30-32H,1-2,25,29H2/b37-13+. The highest BCUT2D eigenvalue weighted by atomic mass is 15.2. The molecule has 48 heavy (non-hydrogen) atoms. The molecule has 0 spiro atoms. The van der Waals surface area contributed by atoms with E-state index in [1.807, 2.05) is 18.2 Å². The van der Waals surface area contributed by atoms with Crippen molar-refractivity contribution in [1.29, 1.82) is 0 Å². The number of rotatable bonds is 8. The Bertz CT molecular complexity index is 2370. The molecule has 2 nitrogen and oxygen atoms in total. The molecule has 0 saturated heterocycles. The first-order valence-corrected chi connectivity index (χ1v) is 16.6. The molecule has 1 aliphatic rings. The fourth-order valence-corrected chi connectivity index (χ4v) is 7.20. The molecule has 1 aliphatic carbocycles. The summed E-state index contributed by atoms with van der Waals surface area (Å²) >= 11 is 0. The first-order chi connectivity index (χ1) is 23.7. The molecule has 0 radical (unpaired) electrons. The molecular formula is C46H36N2. The molecule has 1 aromatic heterocycles. The molecule has 0 N–H and O–H groups in total. The quantitative estimate of drug-likeness (QED) is 0.154. The third-order valence-electron chi connectivity index (χ3n) is 9.45. The number of fused-ring (bicyclic) bond motifs is 4. The highest BCUT2D eigenvalue weighted by molar-refractivity contribution is 6.09. The maximum atomic E-state index is 4.16. The largest absolute Gasteiger partial charge is 0.314 e. The van der Waals surface area contributed by atoms with Gasteiger partial charge >= 0.3 is 0 Å². The van der Waals surface area contributed by atoms with Crippen molar-refractivity contribution >= 4 is 43.8 Å². The van der Waals surface area contributed by atoms with Crippen LogP contribution in [0.1, 0.15) is 18.4 Å². The average Bonchev–Trinajstić information content (AvgIpc) is 3.49. The lowest BCUT2D eigenvalue weighted by molar-refractivity contribution is 0.912. The zero-order valence-electron chi connectivity index (χ0n) is 26.9. The highest BCUT2D eigenvalue weighted by Crippen LogP contribution is 2.37. The maximum Gasteiger partial charge on any atom is 0.0541 e. The molecule has 0 bridgehead atoms. The lowest BCUT2D eigenvalue weighted by Crippen LogP contribution is -2.22. The van der Waals surface area contributed by atoms with E-state index in [1.54, 1.807) is 0 Å². The number of benzene rings is 6. The molecule has 7 aromatic rings. The van der Waals surface area contributed by atoms with Gasteiger partial charge in [0.05, 0.1) is 11.0 Å². The van der Waals surface area contributed by atoms with Crippen LogP contribution in [0.25, 0.3) is 55.0 Å². The molecule has 0 atom stereocenters. The van der Waals surface area contributed by atoms with Crippen LogP contribution in [0.4, 0.5) is 5.69 Å². The number of para-hydroxylation sites is 2. The van der Waals surface area contributed by atoms with Gasteiger partial charge in [-0.05, 0) is 101 Å². The van der Waals surface area contributed by atoms with Crippen molar-refractivity contribution in [2.24, 2.45) is 0 Å². The summed E-state index contributed by atoms with van der Waals surface area (Å²) in [6.45, 7) is 8.14. The van der Waals surface area contributed by atoms with Gasteiger partial charge in [0.1, 0.15) is 0 Å². The molecule has 1 heterocycles. The first-order valence-electron chi connectivity index (χ1n) is 16.6. The molecule has 230 valence electrons. The monoisotopic (exact) mass is 616 g/mol. The second-order valence-corrected chi connectivity index (χ2v) is 12.2. The number of anilines is 1. The molecule has 2 heteroatoms. The number of allylic oxidation sites excluding steroid dienone is 7. The Morgan fingerprint density at radius 1 is 0.604 bits per heavy atom. The second kappa shape index (κ2) is 12.6. The summed E-state index contributed by atoms with van der Waals surface area (Å²) < 4.78 is 2.39. The van der Waals surface area contributed by atoms with E-state index in [-0.39, 0.29) is 0 Å². The van der Waals surface area contributed by atoms with Gasteiger partial charge in [0, 0.05) is 33.5 Å². The minimum atomic E-state index is 0.902. The van der Waals surface area contributed by atoms with Gasteiger partial charge in [0.25, 0.3) is 0 Å². The van der Waals surface area contributed by atoms with Gasteiger partial charge in [-0.3, -0.25) is 0 Å². The predicted octanol–water partition coefficient (Wildman–Crippen LogP) is 12.4. The van der Waals surface area contributed by atoms with E-state index < -0.39 is 0 Å². The summed E-state index contributed by atoms with van der Waals surface area (Å²) in [5.41, 5.74) is 12.0. The Labute approximate surface area is 282 Å². The Balaban J connectivity index is 1.15. The van der Waals surface area contributed by atoms with Crippen LogP contribution in [0.5, 0.6) is 0 Å². The lowest BCUT2D eigenvalue weighted by atomic mass is 9.94. The van der Waals surface area contributed by atoms with Crippen molar-refractivity contribution < 1.29 is 0 Å². The van der Waals surface area contributed by atoms with E-state index in [9.17, 15) is 0 Å². The van der Waals surface area contributed by atoms with Crippen molar-refractivity contribution in [2.45, 2.75) is 12.8 Å². The SMILES string of the molecule is C=C/C=C(\C=C)N(C1=CC=C(c2cccc(-n3c4ccccc4c4ccccc43)c2)CC1)c1ccc(-c2cccc3ccccc23)cc1. The number of hydrogen-bond acceptors (Lipinski definition) is 1. The molecule has 0 unspecified atom stereocenters. The van der Waals surface area contributed by atoms with E-state index in [0.29, 0.717) is 0 Å². The summed E-state index contributed by atoms with van der Waals surface area (Å²) in [6, 6.07) is 50.3. The Morgan fingerprint density at radius 2 is 1.27 bits per heavy atom. The molecule has 6 aromatic carbocycles. The van der Waals surface area contributed by atoms with Crippen LogP contribution >= 0.6 is 0 Å². The number of hydrogen-bond donors (Lipinski definition) is 0. The zero-order chi connectivity index (χ0) is 32.5. The Morgan fingerprint density at radius 3 is 1.96 bits per heavy atom. The summed E-state index contributed by atoms with van der Waals surface area (Å²) in [5.74, 6) is 0. The average molecular weight is 617 g/mol. The Hall–Kier alpha value is -6.12. The minimum absolute atomic E-state index is 0.902. The third-order valence-corrected chi connectivity index (χ3v) is 9.45. The van der Waals surface area contributed by atoms with Gasteiger partial charge in [0.15, 0.2) is 0 Å². The van der Waals surface area contributed by atoms with Crippen LogP contribution < -0.4 is 4.90 Å². The topological polar surface area (TPSA) is 8.17 Å². The Kier molecular flexibility index (Phi) is 7.68. The highest BCUT2D eigenvalue weighted by Gasteiger charge is 2.19. The van der Waals surface area contributed by atoms with Crippen LogP contribution in [0.3, 0.4) is 0 Å². The van der Waals surface area contributed by atoms with Crippen LogP contribution in [0.15, 0.2) is 194 Å². The van der Waals surface area contributed by atoms with Gasteiger partial charge in [-0.25, -0.2) is 0 Å². The molecule has 0 amide bonds. The minimum Gasteiger partial charge on any atom is -0.314 e. The van der Waals surface area contributed by atoms with Crippen LogP contribution in [-0.2, 0) is 0 Å². The van der Waals surface area contributed by atoms with Crippen molar-refractivity contribution in [3.8, 4) is 16.8 Å². The van der Waals surface area contributed by atoms with E-state index in [2.05, 4.69) is 174 Å². The fraction of sp³-hybridized carbons (Fsp3) is 0.0435. The smallest absolute Gasteiger partial charge is 0.0541 e. The van der Waals surface area contributed by atoms with Crippen LogP contribution in [-0.4, -0.2) is 4.57 Å². The second-order valence-electron chi connectivity index (χ2n) is 12.2. The summed E-state index contributed by atoms with van der Waals surface area (Å²) in [6.07, 6.45) is 12.2. The number of aromatic nitrogens is 1. The van der Waals surface area contributed by atoms with Gasteiger partial charge in [-0.1, -0.05) is 128 Å². The molecule has 8 rings (SSSR count). The van der Waals surface area contributed by atoms with E-state index in [4.69, 9.17) is 0 Å². The summed E-state index contributed by atoms with van der Waals surface area (Å²) in [4.78, 5) is 2.31. The lowest BCUT2D eigenvalue weighted by Gasteiger charge is -2.30. The van der Waals surface area contributed by atoms with Gasteiger partial charge in [0.2, 0.25) is 0 Å².